The number of rotatable bonds is 3. The van der Waals surface area contributed by atoms with E-state index in [9.17, 15) is 13.2 Å². The molecule has 1 amide bonds. The number of benzene rings is 1. The summed E-state index contributed by atoms with van der Waals surface area (Å²) in [5.74, 6) is -0.00302. The lowest BCUT2D eigenvalue weighted by atomic mass is 9.87. The average Bonchev–Trinajstić information content (AvgIpc) is 3.13. The van der Waals surface area contributed by atoms with Crippen molar-refractivity contribution in [2.75, 3.05) is 24.5 Å². The molecule has 0 spiro atoms. The maximum atomic E-state index is 12.8. The Labute approximate surface area is 144 Å². The predicted molar refractivity (Wildman–Crippen MR) is 94.7 cm³/mol. The molecule has 1 aromatic rings. The molecular weight excluding hydrogens is 324 g/mol. The molecule has 24 heavy (non-hydrogen) atoms. The Morgan fingerprint density at radius 1 is 1.17 bits per heavy atom. The highest BCUT2D eigenvalue weighted by Gasteiger charge is 2.40. The second kappa shape index (κ2) is 5.85. The fourth-order valence-corrected chi connectivity index (χ4v) is 5.15. The molecule has 6 heteroatoms. The van der Waals surface area contributed by atoms with E-state index < -0.39 is 10.0 Å². The molecule has 2 aliphatic heterocycles. The fourth-order valence-electron chi connectivity index (χ4n) is 3.60. The average molecular weight is 350 g/mol. The zero-order valence-electron chi connectivity index (χ0n) is 14.9. The quantitative estimate of drug-likeness (QED) is 0.842. The minimum atomic E-state index is -3.43. The molecule has 0 atom stereocenters. The van der Waals surface area contributed by atoms with Gasteiger partial charge < -0.3 is 4.90 Å². The van der Waals surface area contributed by atoms with Crippen LogP contribution in [-0.2, 0) is 20.2 Å². The van der Waals surface area contributed by atoms with Crippen molar-refractivity contribution < 1.29 is 13.2 Å². The van der Waals surface area contributed by atoms with Crippen molar-refractivity contribution in [2.24, 2.45) is 5.92 Å². The van der Waals surface area contributed by atoms with Gasteiger partial charge >= 0.3 is 0 Å². The van der Waals surface area contributed by atoms with Crippen molar-refractivity contribution in [3.8, 4) is 0 Å². The van der Waals surface area contributed by atoms with Crippen LogP contribution in [0.15, 0.2) is 23.1 Å². The van der Waals surface area contributed by atoms with Crippen LogP contribution in [0.3, 0.4) is 0 Å². The Kier molecular flexibility index (Phi) is 4.24. The summed E-state index contributed by atoms with van der Waals surface area (Å²) in [5, 5.41) is 0. The van der Waals surface area contributed by atoms with Gasteiger partial charge in [0.25, 0.3) is 0 Å². The van der Waals surface area contributed by atoms with Crippen molar-refractivity contribution in [3.05, 3.63) is 23.8 Å². The van der Waals surface area contributed by atoms with E-state index >= 15 is 0 Å². The highest BCUT2D eigenvalue weighted by molar-refractivity contribution is 7.89. The molecule has 1 fully saturated rings. The van der Waals surface area contributed by atoms with Gasteiger partial charge in [-0.15, -0.1) is 0 Å². The Balaban J connectivity index is 2.03. The second-order valence-corrected chi connectivity index (χ2v) is 9.69. The highest BCUT2D eigenvalue weighted by atomic mass is 32.2. The van der Waals surface area contributed by atoms with Gasteiger partial charge in [0.2, 0.25) is 15.9 Å². The zero-order chi connectivity index (χ0) is 17.7. The third-order valence-electron chi connectivity index (χ3n) is 5.00. The standard InChI is InChI=1S/C18H26N2O3S/c1-13(2)17(21)20-12-18(3,4)15-11-14(7-8-16(15)20)24(22,23)19-9-5-6-10-19/h7-8,11,13H,5-6,9-10,12H2,1-4H3. The Morgan fingerprint density at radius 2 is 1.79 bits per heavy atom. The van der Waals surface area contributed by atoms with Crippen LogP contribution in [0.1, 0.15) is 46.1 Å². The van der Waals surface area contributed by atoms with Crippen molar-refractivity contribution in [1.82, 2.24) is 4.31 Å². The molecule has 0 bridgehead atoms. The number of hydrogen-bond donors (Lipinski definition) is 0. The smallest absolute Gasteiger partial charge is 0.243 e. The Bertz CT molecular complexity index is 762. The normalized spacial score (nSPS) is 20.6. The van der Waals surface area contributed by atoms with E-state index in [1.165, 1.54) is 0 Å². The molecule has 0 N–H and O–H groups in total. The summed E-state index contributed by atoms with van der Waals surface area (Å²) in [6, 6.07) is 5.22. The van der Waals surface area contributed by atoms with Gasteiger partial charge in [-0.05, 0) is 36.6 Å². The second-order valence-electron chi connectivity index (χ2n) is 7.75. The molecule has 2 aliphatic rings. The number of carbonyl (C=O) groups is 1. The summed E-state index contributed by atoms with van der Waals surface area (Å²) in [6.07, 6.45) is 1.85. The zero-order valence-corrected chi connectivity index (χ0v) is 15.7. The summed E-state index contributed by atoms with van der Waals surface area (Å²) < 4.78 is 27.2. The number of anilines is 1. The van der Waals surface area contributed by atoms with E-state index in [4.69, 9.17) is 0 Å². The first-order valence-electron chi connectivity index (χ1n) is 8.61. The van der Waals surface area contributed by atoms with E-state index in [1.54, 1.807) is 27.4 Å². The lowest BCUT2D eigenvalue weighted by Crippen LogP contribution is -2.36. The molecule has 5 nitrogen and oxygen atoms in total. The maximum absolute atomic E-state index is 12.8. The topological polar surface area (TPSA) is 57.7 Å². The molecule has 0 unspecified atom stereocenters. The molecular formula is C18H26N2O3S. The van der Waals surface area contributed by atoms with Crippen LogP contribution in [0.5, 0.6) is 0 Å². The molecule has 3 rings (SSSR count). The van der Waals surface area contributed by atoms with Gasteiger partial charge in [0.05, 0.1) is 4.90 Å². The Hall–Kier alpha value is -1.40. The Morgan fingerprint density at radius 3 is 2.38 bits per heavy atom. The fraction of sp³-hybridized carbons (Fsp3) is 0.611. The first kappa shape index (κ1) is 17.4. The summed E-state index contributed by atoms with van der Waals surface area (Å²) in [7, 11) is -3.43. The van der Waals surface area contributed by atoms with Crippen molar-refractivity contribution in [1.29, 1.82) is 0 Å². The monoisotopic (exact) mass is 350 g/mol. The van der Waals surface area contributed by atoms with E-state index in [0.717, 1.165) is 24.1 Å². The maximum Gasteiger partial charge on any atom is 0.243 e. The first-order valence-corrected chi connectivity index (χ1v) is 10.0. The van der Waals surface area contributed by atoms with Gasteiger partial charge in [-0.3, -0.25) is 4.79 Å². The lowest BCUT2D eigenvalue weighted by Gasteiger charge is -2.22. The molecule has 0 saturated carbocycles. The van der Waals surface area contributed by atoms with E-state index in [2.05, 4.69) is 13.8 Å². The molecule has 1 aromatic carbocycles. The summed E-state index contributed by atoms with van der Waals surface area (Å²) in [5.41, 5.74) is 1.53. The van der Waals surface area contributed by atoms with Gasteiger partial charge in [0, 0.05) is 36.7 Å². The van der Waals surface area contributed by atoms with Crippen LogP contribution >= 0.6 is 0 Å². The van der Waals surface area contributed by atoms with Crippen molar-refractivity contribution in [3.63, 3.8) is 0 Å². The lowest BCUT2D eigenvalue weighted by molar-refractivity contribution is -0.121. The van der Waals surface area contributed by atoms with Gasteiger partial charge in [-0.2, -0.15) is 4.31 Å². The van der Waals surface area contributed by atoms with E-state index in [0.29, 0.717) is 24.5 Å². The SMILES string of the molecule is CC(C)C(=O)N1CC(C)(C)c2cc(S(=O)(=O)N3CCCC3)ccc21. The molecule has 0 radical (unpaired) electrons. The minimum absolute atomic E-state index is 0.0805. The number of hydrogen-bond acceptors (Lipinski definition) is 3. The number of nitrogens with zero attached hydrogens (tertiary/aromatic N) is 2. The van der Waals surface area contributed by atoms with Crippen LogP contribution < -0.4 is 4.90 Å². The van der Waals surface area contributed by atoms with Gasteiger partial charge in [0.15, 0.2) is 0 Å². The van der Waals surface area contributed by atoms with Crippen LogP contribution in [0.4, 0.5) is 5.69 Å². The van der Waals surface area contributed by atoms with Gasteiger partial charge in [0.1, 0.15) is 0 Å². The molecule has 2 heterocycles. The van der Waals surface area contributed by atoms with Crippen LogP contribution in [-0.4, -0.2) is 38.3 Å². The third-order valence-corrected chi connectivity index (χ3v) is 6.90. The van der Waals surface area contributed by atoms with Gasteiger partial charge in [-0.1, -0.05) is 27.7 Å². The molecule has 1 saturated heterocycles. The van der Waals surface area contributed by atoms with Crippen LogP contribution in [0.2, 0.25) is 0 Å². The predicted octanol–water partition coefficient (Wildman–Crippen LogP) is 2.75. The van der Waals surface area contributed by atoms with Crippen LogP contribution in [0.25, 0.3) is 0 Å². The first-order chi connectivity index (χ1) is 11.1. The van der Waals surface area contributed by atoms with Crippen molar-refractivity contribution >= 4 is 21.6 Å². The van der Waals surface area contributed by atoms with Crippen molar-refractivity contribution in [2.45, 2.75) is 50.8 Å². The van der Waals surface area contributed by atoms with Gasteiger partial charge in [-0.25, -0.2) is 8.42 Å². The minimum Gasteiger partial charge on any atom is -0.311 e. The molecule has 132 valence electrons. The van der Waals surface area contributed by atoms with E-state index in [-0.39, 0.29) is 17.2 Å². The largest absolute Gasteiger partial charge is 0.311 e. The third kappa shape index (κ3) is 2.75. The number of fused-ring (bicyclic) bond motifs is 1. The summed E-state index contributed by atoms with van der Waals surface area (Å²) in [6.45, 7) is 9.69. The van der Waals surface area contributed by atoms with E-state index in [1.807, 2.05) is 13.8 Å². The molecule has 0 aromatic heterocycles. The molecule has 0 aliphatic carbocycles. The van der Waals surface area contributed by atoms with Crippen LogP contribution in [0, 0.1) is 5.92 Å². The summed E-state index contributed by atoms with van der Waals surface area (Å²) >= 11 is 0. The number of sulfonamides is 1. The number of carbonyl (C=O) groups excluding carboxylic acids is 1. The number of amides is 1. The highest BCUT2D eigenvalue weighted by Crippen LogP contribution is 2.42. The summed E-state index contributed by atoms with van der Waals surface area (Å²) in [4.78, 5) is 14.6.